The van der Waals surface area contributed by atoms with Crippen molar-refractivity contribution in [1.29, 1.82) is 0 Å². The molecule has 0 heteroatoms. The van der Waals surface area contributed by atoms with Gasteiger partial charge in [0.15, 0.2) is 0 Å². The van der Waals surface area contributed by atoms with Crippen molar-refractivity contribution < 1.29 is 0 Å². The summed E-state index contributed by atoms with van der Waals surface area (Å²) in [4.78, 5) is 0. The van der Waals surface area contributed by atoms with Crippen LogP contribution in [-0.4, -0.2) is 0 Å². The Kier molecular flexibility index (Phi) is 10.3. The Bertz CT molecular complexity index is 202. The van der Waals surface area contributed by atoms with Crippen LogP contribution in [0.3, 0.4) is 0 Å². The topological polar surface area (TPSA) is 0 Å². The fourth-order valence-electron chi connectivity index (χ4n) is 2.00. The Labute approximate surface area is 109 Å². The van der Waals surface area contributed by atoms with Crippen LogP contribution in [0.2, 0.25) is 0 Å². The van der Waals surface area contributed by atoms with Gasteiger partial charge in [-0.15, -0.1) is 6.58 Å². The molecule has 100 valence electrons. The molecule has 0 N–H and O–H groups in total. The van der Waals surface area contributed by atoms with Crippen molar-refractivity contribution in [3.8, 4) is 0 Å². The van der Waals surface area contributed by atoms with Gasteiger partial charge in [-0.3, -0.25) is 0 Å². The van der Waals surface area contributed by atoms with E-state index in [0.717, 1.165) is 11.8 Å². The molecule has 0 spiro atoms. The quantitative estimate of drug-likeness (QED) is 0.322. The van der Waals surface area contributed by atoms with Crippen LogP contribution in [0, 0.1) is 17.8 Å². The summed E-state index contributed by atoms with van der Waals surface area (Å²) in [5.74, 6) is 2.19. The normalized spacial score (nSPS) is 16.9. The van der Waals surface area contributed by atoms with E-state index < -0.39 is 0 Å². The third kappa shape index (κ3) is 9.21. The minimum atomic E-state index is 0.658. The molecule has 17 heavy (non-hydrogen) atoms. The van der Waals surface area contributed by atoms with Crippen LogP contribution < -0.4 is 0 Å². The highest BCUT2D eigenvalue weighted by atomic mass is 14.1. The van der Waals surface area contributed by atoms with Crippen LogP contribution in [0.1, 0.15) is 66.2 Å². The maximum absolute atomic E-state index is 3.87. The van der Waals surface area contributed by atoms with Gasteiger partial charge >= 0.3 is 0 Å². The number of rotatable bonds is 10. The lowest BCUT2D eigenvalue weighted by atomic mass is 9.89. The lowest BCUT2D eigenvalue weighted by Gasteiger charge is -2.16. The molecule has 0 radical (unpaired) electrons. The summed E-state index contributed by atoms with van der Waals surface area (Å²) in [6.07, 6.45) is 14.7. The fourth-order valence-corrected chi connectivity index (χ4v) is 2.00. The second-order valence-electron chi connectivity index (χ2n) is 5.55. The van der Waals surface area contributed by atoms with E-state index in [9.17, 15) is 0 Å². The van der Waals surface area contributed by atoms with Crippen molar-refractivity contribution in [2.45, 2.75) is 66.2 Å². The van der Waals surface area contributed by atoms with E-state index in [2.05, 4.69) is 52.5 Å². The van der Waals surface area contributed by atoms with Crippen LogP contribution in [0.5, 0.6) is 0 Å². The van der Waals surface area contributed by atoms with Crippen LogP contribution >= 0.6 is 0 Å². The van der Waals surface area contributed by atoms with Gasteiger partial charge in [-0.2, -0.15) is 0 Å². The molecule has 0 aromatic rings. The van der Waals surface area contributed by atoms with Crippen molar-refractivity contribution in [3.63, 3.8) is 0 Å². The molecule has 3 atom stereocenters. The summed E-state index contributed by atoms with van der Waals surface area (Å²) in [6, 6.07) is 0. The van der Waals surface area contributed by atoms with Gasteiger partial charge in [0, 0.05) is 0 Å². The zero-order valence-electron chi connectivity index (χ0n) is 12.4. The Balaban J connectivity index is 3.59. The molecule has 0 amide bonds. The highest BCUT2D eigenvalue weighted by Gasteiger charge is 2.08. The molecule has 0 aromatic carbocycles. The molecule has 0 rings (SSSR count). The smallest absolute Gasteiger partial charge is 0.0239 e. The summed E-state index contributed by atoms with van der Waals surface area (Å²) >= 11 is 0. The predicted octanol–water partition coefficient (Wildman–Crippen LogP) is 6.00. The average molecular weight is 236 g/mol. The number of hydrogen-bond acceptors (Lipinski definition) is 0. The predicted molar refractivity (Wildman–Crippen MR) is 80.2 cm³/mol. The fraction of sp³-hybridized carbons (Fsp3) is 0.765. The van der Waals surface area contributed by atoms with Crippen LogP contribution in [0.4, 0.5) is 0 Å². The highest BCUT2D eigenvalue weighted by Crippen LogP contribution is 2.20. The zero-order valence-corrected chi connectivity index (χ0v) is 12.4. The number of hydrogen-bond donors (Lipinski definition) is 0. The van der Waals surface area contributed by atoms with E-state index in [0.29, 0.717) is 5.92 Å². The molecule has 3 unspecified atom stereocenters. The van der Waals surface area contributed by atoms with Crippen molar-refractivity contribution in [1.82, 2.24) is 0 Å². The molecule has 0 nitrogen and oxygen atoms in total. The molecule has 0 aliphatic carbocycles. The first-order valence-corrected chi connectivity index (χ1v) is 7.41. The second kappa shape index (κ2) is 10.6. The lowest BCUT2D eigenvalue weighted by Crippen LogP contribution is -2.05. The van der Waals surface area contributed by atoms with E-state index in [4.69, 9.17) is 0 Å². The van der Waals surface area contributed by atoms with Crippen molar-refractivity contribution in [3.05, 3.63) is 24.8 Å². The summed E-state index contributed by atoms with van der Waals surface area (Å²) in [5, 5.41) is 0. The average Bonchev–Trinajstić information content (AvgIpc) is 2.33. The summed E-state index contributed by atoms with van der Waals surface area (Å²) < 4.78 is 0. The standard InChI is InChI=1S/C17H32/c1-6-8-9-10-12-15(3)13-11-14-17(5)16(4)7-2/h7,10,12,15-17H,2,6,8-9,11,13-14H2,1,3-5H3. The molecule has 0 fully saturated rings. The molecule has 0 aliphatic rings. The van der Waals surface area contributed by atoms with Crippen molar-refractivity contribution in [2.24, 2.45) is 17.8 Å². The Morgan fingerprint density at radius 2 is 1.76 bits per heavy atom. The largest absolute Gasteiger partial charge is 0.103 e. The van der Waals surface area contributed by atoms with Gasteiger partial charge in [-0.25, -0.2) is 0 Å². The maximum Gasteiger partial charge on any atom is -0.0239 e. The summed E-state index contributed by atoms with van der Waals surface area (Å²) in [5.41, 5.74) is 0. The highest BCUT2D eigenvalue weighted by molar-refractivity contribution is 4.86. The minimum Gasteiger partial charge on any atom is -0.103 e. The molecule has 0 aromatic heterocycles. The Morgan fingerprint density at radius 3 is 2.35 bits per heavy atom. The van der Waals surface area contributed by atoms with Gasteiger partial charge in [0.1, 0.15) is 0 Å². The van der Waals surface area contributed by atoms with Gasteiger partial charge in [0.25, 0.3) is 0 Å². The van der Waals surface area contributed by atoms with Gasteiger partial charge in [0.2, 0.25) is 0 Å². The van der Waals surface area contributed by atoms with E-state index in [1.54, 1.807) is 0 Å². The summed E-state index contributed by atoms with van der Waals surface area (Å²) in [7, 11) is 0. The Hall–Kier alpha value is -0.520. The molecule has 0 saturated carbocycles. The zero-order chi connectivity index (χ0) is 13.1. The Morgan fingerprint density at radius 1 is 1.06 bits per heavy atom. The maximum atomic E-state index is 3.87. The first-order valence-electron chi connectivity index (χ1n) is 7.41. The van der Waals surface area contributed by atoms with Gasteiger partial charge in [-0.1, -0.05) is 71.6 Å². The van der Waals surface area contributed by atoms with Gasteiger partial charge in [0.05, 0.1) is 0 Å². The molecule has 0 bridgehead atoms. The first kappa shape index (κ1) is 16.5. The van der Waals surface area contributed by atoms with Crippen molar-refractivity contribution >= 4 is 0 Å². The summed E-state index contributed by atoms with van der Waals surface area (Å²) in [6.45, 7) is 13.1. The molecule has 0 aliphatic heterocycles. The lowest BCUT2D eigenvalue weighted by molar-refractivity contribution is 0.399. The van der Waals surface area contributed by atoms with E-state index >= 15 is 0 Å². The molecular weight excluding hydrogens is 204 g/mol. The van der Waals surface area contributed by atoms with Crippen LogP contribution in [0.25, 0.3) is 0 Å². The van der Waals surface area contributed by atoms with Crippen LogP contribution in [0.15, 0.2) is 24.8 Å². The monoisotopic (exact) mass is 236 g/mol. The van der Waals surface area contributed by atoms with Crippen molar-refractivity contribution in [2.75, 3.05) is 0 Å². The van der Waals surface area contributed by atoms with Gasteiger partial charge in [-0.05, 0) is 30.6 Å². The first-order chi connectivity index (χ1) is 8.11. The van der Waals surface area contributed by atoms with Crippen LogP contribution in [-0.2, 0) is 0 Å². The second-order valence-corrected chi connectivity index (χ2v) is 5.55. The third-order valence-corrected chi connectivity index (χ3v) is 3.78. The van der Waals surface area contributed by atoms with E-state index in [1.807, 2.05) is 0 Å². The molecule has 0 saturated heterocycles. The minimum absolute atomic E-state index is 0.658. The SMILES string of the molecule is C=CC(C)C(C)CCCC(C)C=CCCCC. The van der Waals surface area contributed by atoms with E-state index in [-0.39, 0.29) is 0 Å². The molecule has 0 heterocycles. The number of unbranched alkanes of at least 4 members (excludes halogenated alkanes) is 2. The third-order valence-electron chi connectivity index (χ3n) is 3.78. The number of allylic oxidation sites excluding steroid dienone is 3. The van der Waals surface area contributed by atoms with E-state index in [1.165, 1.54) is 38.5 Å². The molecular formula is C17H32. The van der Waals surface area contributed by atoms with Gasteiger partial charge < -0.3 is 0 Å².